The van der Waals surface area contributed by atoms with Crippen molar-refractivity contribution in [1.29, 1.82) is 0 Å². The van der Waals surface area contributed by atoms with E-state index in [0.29, 0.717) is 11.3 Å². The van der Waals surface area contributed by atoms with Gasteiger partial charge in [0, 0.05) is 33.9 Å². The summed E-state index contributed by atoms with van der Waals surface area (Å²) in [5.41, 5.74) is 4.10. The number of anilines is 1. The van der Waals surface area contributed by atoms with E-state index in [1.165, 1.54) is 0 Å². The first-order valence-corrected chi connectivity index (χ1v) is 9.62. The van der Waals surface area contributed by atoms with Crippen LogP contribution in [0, 0.1) is 6.92 Å². The lowest BCUT2D eigenvalue weighted by Crippen LogP contribution is -2.30. The Balaban J connectivity index is 1.68. The van der Waals surface area contributed by atoms with Crippen LogP contribution in [0.4, 0.5) is 5.69 Å². The molecular formula is C25H21N3O2. The molecule has 0 atom stereocenters. The second-order valence-electron chi connectivity index (χ2n) is 6.99. The molecule has 0 unspecified atom stereocenters. The maximum absolute atomic E-state index is 13.0. The number of hydrogen-bond acceptors (Lipinski definition) is 2. The summed E-state index contributed by atoms with van der Waals surface area (Å²) in [5, 5.41) is 6.60. The maximum atomic E-state index is 13.0. The predicted octanol–water partition coefficient (Wildman–Crippen LogP) is 4.89. The van der Waals surface area contributed by atoms with Gasteiger partial charge in [-0.25, -0.2) is 0 Å². The number of amides is 2. The average Bonchev–Trinajstić information content (AvgIpc) is 3.17. The predicted molar refractivity (Wildman–Crippen MR) is 120 cm³/mol. The van der Waals surface area contributed by atoms with Crippen LogP contribution >= 0.6 is 0 Å². The van der Waals surface area contributed by atoms with Gasteiger partial charge in [0.05, 0.1) is 0 Å². The number of H-pyrrole nitrogens is 1. The number of para-hydroxylation sites is 1. The van der Waals surface area contributed by atoms with Gasteiger partial charge < -0.3 is 15.6 Å². The molecule has 3 aromatic carbocycles. The van der Waals surface area contributed by atoms with Crippen LogP contribution in [0.2, 0.25) is 0 Å². The van der Waals surface area contributed by atoms with Gasteiger partial charge in [0.2, 0.25) is 0 Å². The van der Waals surface area contributed by atoms with E-state index in [9.17, 15) is 9.59 Å². The number of rotatable bonds is 5. The molecule has 5 nitrogen and oxygen atoms in total. The van der Waals surface area contributed by atoms with Crippen LogP contribution in [0.15, 0.2) is 90.8 Å². The Morgan fingerprint density at radius 2 is 1.67 bits per heavy atom. The molecule has 0 aliphatic carbocycles. The lowest BCUT2D eigenvalue weighted by atomic mass is 10.1. The normalized spacial score (nSPS) is 11.3. The fourth-order valence-corrected chi connectivity index (χ4v) is 3.23. The van der Waals surface area contributed by atoms with Crippen molar-refractivity contribution in [2.45, 2.75) is 6.92 Å². The Bertz CT molecular complexity index is 1240. The van der Waals surface area contributed by atoms with Crippen LogP contribution in [-0.2, 0) is 4.79 Å². The number of aromatic amines is 1. The molecule has 0 saturated carbocycles. The van der Waals surface area contributed by atoms with E-state index in [1.807, 2.05) is 67.7 Å². The Morgan fingerprint density at radius 3 is 2.47 bits per heavy atom. The summed E-state index contributed by atoms with van der Waals surface area (Å²) in [6, 6.07) is 24.1. The third kappa shape index (κ3) is 4.31. The minimum Gasteiger partial charge on any atom is -0.361 e. The zero-order chi connectivity index (χ0) is 20.9. The molecule has 4 aromatic rings. The first kappa shape index (κ1) is 19.2. The maximum Gasteiger partial charge on any atom is 0.272 e. The summed E-state index contributed by atoms with van der Waals surface area (Å²) < 4.78 is 0. The van der Waals surface area contributed by atoms with Crippen LogP contribution in [0.1, 0.15) is 21.5 Å². The highest BCUT2D eigenvalue weighted by Gasteiger charge is 2.16. The van der Waals surface area contributed by atoms with Crippen LogP contribution in [0.3, 0.4) is 0 Å². The molecule has 1 aromatic heterocycles. The summed E-state index contributed by atoms with van der Waals surface area (Å²) in [6.07, 6.45) is 3.50. The molecule has 30 heavy (non-hydrogen) atoms. The highest BCUT2D eigenvalue weighted by molar-refractivity contribution is 6.11. The molecule has 1 heterocycles. The van der Waals surface area contributed by atoms with E-state index in [0.717, 1.165) is 22.0 Å². The van der Waals surface area contributed by atoms with Crippen LogP contribution in [0.5, 0.6) is 0 Å². The summed E-state index contributed by atoms with van der Waals surface area (Å²) in [4.78, 5) is 29.0. The molecule has 148 valence electrons. The highest BCUT2D eigenvalue weighted by atomic mass is 16.2. The summed E-state index contributed by atoms with van der Waals surface area (Å²) in [6.45, 7) is 1.95. The van der Waals surface area contributed by atoms with Gasteiger partial charge in [-0.1, -0.05) is 48.5 Å². The number of aryl methyl sites for hydroxylation is 1. The Morgan fingerprint density at radius 1 is 0.900 bits per heavy atom. The Labute approximate surface area is 174 Å². The number of nitrogens with one attached hydrogen (secondary N) is 3. The zero-order valence-corrected chi connectivity index (χ0v) is 16.5. The van der Waals surface area contributed by atoms with Crippen LogP contribution in [-0.4, -0.2) is 16.8 Å². The molecule has 0 aliphatic heterocycles. The number of carbonyl (C=O) groups excluding carboxylic acids is 2. The fraction of sp³-hybridized carbons (Fsp3) is 0.0400. The van der Waals surface area contributed by atoms with Crippen molar-refractivity contribution in [1.82, 2.24) is 10.3 Å². The molecule has 3 N–H and O–H groups in total. The largest absolute Gasteiger partial charge is 0.361 e. The van der Waals surface area contributed by atoms with Gasteiger partial charge >= 0.3 is 0 Å². The molecule has 4 rings (SSSR count). The fourth-order valence-electron chi connectivity index (χ4n) is 3.23. The number of fused-ring (bicyclic) bond motifs is 1. The second kappa shape index (κ2) is 8.49. The van der Waals surface area contributed by atoms with E-state index in [4.69, 9.17) is 0 Å². The summed E-state index contributed by atoms with van der Waals surface area (Å²) in [5.74, 6) is -0.740. The highest BCUT2D eigenvalue weighted by Crippen LogP contribution is 2.21. The molecular weight excluding hydrogens is 374 g/mol. The molecule has 0 spiro atoms. The second-order valence-corrected chi connectivity index (χ2v) is 6.99. The zero-order valence-electron chi connectivity index (χ0n) is 16.5. The van der Waals surface area contributed by atoms with Gasteiger partial charge in [-0.2, -0.15) is 0 Å². The number of aromatic nitrogens is 1. The quantitative estimate of drug-likeness (QED) is 0.421. The third-order valence-corrected chi connectivity index (χ3v) is 4.73. The molecule has 5 heteroatoms. The molecule has 0 fully saturated rings. The molecule has 2 amide bonds. The van der Waals surface area contributed by atoms with E-state index >= 15 is 0 Å². The summed E-state index contributed by atoms with van der Waals surface area (Å²) >= 11 is 0. The molecule has 0 radical (unpaired) electrons. The first-order valence-electron chi connectivity index (χ1n) is 9.62. The van der Waals surface area contributed by atoms with Gasteiger partial charge in [-0.05, 0) is 48.9 Å². The topological polar surface area (TPSA) is 74.0 Å². The Hall–Kier alpha value is -4.12. The smallest absolute Gasteiger partial charge is 0.272 e. The standard InChI is InChI=1S/C25H21N3O2/c1-17-8-7-11-20(14-17)27-25(30)23(28-24(29)18-9-3-2-4-10-18)15-19-16-26-22-13-6-5-12-21(19)22/h2-16,26H,1H3,(H,27,30)(H,28,29). The molecule has 0 saturated heterocycles. The van der Waals surface area contributed by atoms with Gasteiger partial charge in [0.25, 0.3) is 11.8 Å². The number of hydrogen-bond donors (Lipinski definition) is 3. The minimum atomic E-state index is -0.393. The van der Waals surface area contributed by atoms with Crippen LogP contribution < -0.4 is 10.6 Å². The van der Waals surface area contributed by atoms with Crippen molar-refractivity contribution in [2.75, 3.05) is 5.32 Å². The van der Waals surface area contributed by atoms with Gasteiger partial charge in [-0.15, -0.1) is 0 Å². The number of carbonyl (C=O) groups is 2. The van der Waals surface area contributed by atoms with Gasteiger partial charge in [0.15, 0.2) is 0 Å². The van der Waals surface area contributed by atoms with Crippen LogP contribution in [0.25, 0.3) is 17.0 Å². The SMILES string of the molecule is Cc1cccc(NC(=O)C(=Cc2c[nH]c3ccccc23)NC(=O)c2ccccc2)c1. The third-order valence-electron chi connectivity index (χ3n) is 4.73. The summed E-state index contributed by atoms with van der Waals surface area (Å²) in [7, 11) is 0. The van der Waals surface area contributed by atoms with Crippen molar-refractivity contribution >= 4 is 34.5 Å². The first-order chi connectivity index (χ1) is 14.6. The lowest BCUT2D eigenvalue weighted by Gasteiger charge is -2.11. The van der Waals surface area contributed by atoms with E-state index in [1.54, 1.807) is 30.3 Å². The number of benzene rings is 3. The van der Waals surface area contributed by atoms with Gasteiger partial charge in [0.1, 0.15) is 5.70 Å². The van der Waals surface area contributed by atoms with E-state index in [2.05, 4.69) is 15.6 Å². The average molecular weight is 395 g/mol. The van der Waals surface area contributed by atoms with E-state index in [-0.39, 0.29) is 11.6 Å². The Kier molecular flexibility index (Phi) is 5.44. The minimum absolute atomic E-state index is 0.162. The van der Waals surface area contributed by atoms with Crippen molar-refractivity contribution < 1.29 is 9.59 Å². The lowest BCUT2D eigenvalue weighted by molar-refractivity contribution is -0.113. The van der Waals surface area contributed by atoms with Crippen molar-refractivity contribution in [2.24, 2.45) is 0 Å². The monoisotopic (exact) mass is 395 g/mol. The van der Waals surface area contributed by atoms with Crippen molar-refractivity contribution in [3.63, 3.8) is 0 Å². The molecule has 0 bridgehead atoms. The van der Waals surface area contributed by atoms with Gasteiger partial charge in [-0.3, -0.25) is 9.59 Å². The van der Waals surface area contributed by atoms with E-state index < -0.39 is 5.91 Å². The van der Waals surface area contributed by atoms with Crippen molar-refractivity contribution in [3.8, 4) is 0 Å². The van der Waals surface area contributed by atoms with Crippen molar-refractivity contribution in [3.05, 3.63) is 107 Å². The molecule has 0 aliphatic rings.